The summed E-state index contributed by atoms with van der Waals surface area (Å²) in [7, 11) is 0. The predicted molar refractivity (Wildman–Crippen MR) is 143 cm³/mol. The van der Waals surface area contributed by atoms with E-state index in [4.69, 9.17) is 9.73 Å². The van der Waals surface area contributed by atoms with Gasteiger partial charge in [-0.1, -0.05) is 37.5 Å². The Hall–Kier alpha value is -1.72. The molecule has 2 heterocycles. The fourth-order valence-corrected chi connectivity index (χ4v) is 4.87. The molecule has 1 aliphatic heterocycles. The van der Waals surface area contributed by atoms with Crippen molar-refractivity contribution in [3.05, 3.63) is 36.2 Å². The smallest absolute Gasteiger partial charge is 0.191 e. The lowest BCUT2D eigenvalue weighted by Crippen LogP contribution is -2.51. The second-order valence-corrected chi connectivity index (χ2v) is 9.03. The summed E-state index contributed by atoms with van der Waals surface area (Å²) in [5.41, 5.74) is 2.49. The van der Waals surface area contributed by atoms with Crippen LogP contribution in [0.5, 0.6) is 0 Å². The molecule has 1 aromatic carbocycles. The van der Waals surface area contributed by atoms with Gasteiger partial charge in [0.05, 0.1) is 19.8 Å². The standard InChI is InChI=1S/C24H37N7O.HI/c1-2-25-23(26-16-20-7-6-8-21(15-20)22-28-19-29-30-22)27-17-24(9-4-3-5-10-24)18-31-11-13-32-14-12-31;/h6-8,15,19H,2-5,9-14,16-18H2,1H3,(H2,25,26,27)(H,28,29,30);1H. The van der Waals surface area contributed by atoms with E-state index in [1.165, 1.54) is 38.4 Å². The van der Waals surface area contributed by atoms with Crippen molar-refractivity contribution in [2.24, 2.45) is 10.4 Å². The number of aromatic amines is 1. The molecule has 1 aromatic heterocycles. The molecule has 1 saturated carbocycles. The molecule has 8 nitrogen and oxygen atoms in total. The highest BCUT2D eigenvalue weighted by atomic mass is 127. The van der Waals surface area contributed by atoms with Gasteiger partial charge in [-0.05, 0) is 31.4 Å². The Balaban J connectivity index is 0.00000306. The van der Waals surface area contributed by atoms with E-state index in [0.29, 0.717) is 12.0 Å². The van der Waals surface area contributed by atoms with Gasteiger partial charge in [0.2, 0.25) is 0 Å². The Morgan fingerprint density at radius 3 is 2.73 bits per heavy atom. The minimum Gasteiger partial charge on any atom is -0.379 e. The van der Waals surface area contributed by atoms with E-state index >= 15 is 0 Å². The molecule has 0 atom stereocenters. The molecule has 33 heavy (non-hydrogen) atoms. The molecular weight excluding hydrogens is 529 g/mol. The molecule has 4 rings (SSSR count). The van der Waals surface area contributed by atoms with Crippen LogP contribution >= 0.6 is 24.0 Å². The zero-order chi connectivity index (χ0) is 22.1. The summed E-state index contributed by atoms with van der Waals surface area (Å²) in [6.45, 7) is 9.53. The van der Waals surface area contributed by atoms with E-state index in [2.05, 4.69) is 49.8 Å². The van der Waals surface area contributed by atoms with Gasteiger partial charge in [-0.15, -0.1) is 24.0 Å². The number of nitrogens with one attached hydrogen (secondary N) is 3. The lowest BCUT2D eigenvalue weighted by Gasteiger charge is -2.42. The maximum absolute atomic E-state index is 5.56. The number of benzene rings is 1. The van der Waals surface area contributed by atoms with Crippen molar-refractivity contribution >= 4 is 29.9 Å². The number of morpholine rings is 1. The third-order valence-electron chi connectivity index (χ3n) is 6.59. The monoisotopic (exact) mass is 567 g/mol. The number of guanidine groups is 1. The zero-order valence-electron chi connectivity index (χ0n) is 19.7. The van der Waals surface area contributed by atoms with Crippen molar-refractivity contribution in [2.45, 2.75) is 45.6 Å². The number of nitrogens with zero attached hydrogens (tertiary/aromatic N) is 4. The van der Waals surface area contributed by atoms with Gasteiger partial charge >= 0.3 is 0 Å². The van der Waals surface area contributed by atoms with Crippen LogP contribution in [-0.4, -0.2) is 72.0 Å². The summed E-state index contributed by atoms with van der Waals surface area (Å²) in [6, 6.07) is 8.31. The summed E-state index contributed by atoms with van der Waals surface area (Å²) in [5.74, 6) is 1.67. The average Bonchev–Trinajstić information content (AvgIpc) is 3.38. The second kappa shape index (κ2) is 13.2. The molecule has 0 spiro atoms. The second-order valence-electron chi connectivity index (χ2n) is 9.03. The molecule has 0 bridgehead atoms. The van der Waals surface area contributed by atoms with Crippen molar-refractivity contribution in [2.75, 3.05) is 45.9 Å². The summed E-state index contributed by atoms with van der Waals surface area (Å²) in [5, 5.41) is 14.0. The third kappa shape index (κ3) is 7.65. The van der Waals surface area contributed by atoms with Crippen LogP contribution in [0.4, 0.5) is 0 Å². The molecule has 9 heteroatoms. The molecule has 3 N–H and O–H groups in total. The minimum atomic E-state index is 0. The van der Waals surface area contributed by atoms with E-state index in [0.717, 1.165) is 68.8 Å². The van der Waals surface area contributed by atoms with Gasteiger partial charge in [-0.3, -0.25) is 10.00 Å². The molecule has 0 radical (unpaired) electrons. The van der Waals surface area contributed by atoms with Gasteiger partial charge in [-0.2, -0.15) is 5.10 Å². The van der Waals surface area contributed by atoms with E-state index in [1.807, 2.05) is 12.1 Å². The fraction of sp³-hybridized carbons (Fsp3) is 0.625. The highest BCUT2D eigenvalue weighted by Crippen LogP contribution is 2.36. The van der Waals surface area contributed by atoms with Crippen molar-refractivity contribution in [1.82, 2.24) is 30.7 Å². The van der Waals surface area contributed by atoms with Gasteiger partial charge < -0.3 is 15.4 Å². The van der Waals surface area contributed by atoms with Crippen LogP contribution < -0.4 is 10.6 Å². The predicted octanol–water partition coefficient (Wildman–Crippen LogP) is 3.43. The average molecular weight is 568 g/mol. The highest BCUT2D eigenvalue weighted by molar-refractivity contribution is 14.0. The molecule has 182 valence electrons. The Bertz CT molecular complexity index is 846. The summed E-state index contributed by atoms with van der Waals surface area (Å²) < 4.78 is 5.56. The molecular formula is C24H38IN7O. The van der Waals surface area contributed by atoms with Crippen LogP contribution in [0.2, 0.25) is 0 Å². The maximum atomic E-state index is 5.56. The van der Waals surface area contributed by atoms with Crippen LogP contribution in [0, 0.1) is 5.41 Å². The molecule has 1 aliphatic carbocycles. The lowest BCUT2D eigenvalue weighted by molar-refractivity contribution is 0.00820. The molecule has 0 unspecified atom stereocenters. The van der Waals surface area contributed by atoms with E-state index < -0.39 is 0 Å². The minimum absolute atomic E-state index is 0. The summed E-state index contributed by atoms with van der Waals surface area (Å²) in [6.07, 6.45) is 8.13. The van der Waals surface area contributed by atoms with Crippen LogP contribution in [0.1, 0.15) is 44.6 Å². The molecule has 2 fully saturated rings. The topological polar surface area (TPSA) is 90.5 Å². The number of H-pyrrole nitrogens is 1. The van der Waals surface area contributed by atoms with E-state index in [1.54, 1.807) is 0 Å². The molecule has 2 aliphatic rings. The van der Waals surface area contributed by atoms with Gasteiger partial charge in [0.1, 0.15) is 6.33 Å². The molecule has 2 aromatic rings. The van der Waals surface area contributed by atoms with Crippen LogP contribution in [-0.2, 0) is 11.3 Å². The number of aromatic nitrogens is 3. The number of aliphatic imine (C=N–C) groups is 1. The third-order valence-corrected chi connectivity index (χ3v) is 6.59. The molecule has 1 saturated heterocycles. The first kappa shape index (κ1) is 25.9. The lowest BCUT2D eigenvalue weighted by atomic mass is 9.73. The van der Waals surface area contributed by atoms with Crippen molar-refractivity contribution in [3.63, 3.8) is 0 Å². The van der Waals surface area contributed by atoms with Gasteiger partial charge in [0.15, 0.2) is 11.8 Å². The SMILES string of the molecule is CCNC(=NCc1cccc(-c2ncn[nH]2)c1)NCC1(CN2CCOCC2)CCCCC1.I. The fourth-order valence-electron chi connectivity index (χ4n) is 4.87. The number of hydrogen-bond donors (Lipinski definition) is 3. The first-order chi connectivity index (χ1) is 15.8. The summed E-state index contributed by atoms with van der Waals surface area (Å²) in [4.78, 5) is 11.7. The van der Waals surface area contributed by atoms with Gasteiger partial charge in [0.25, 0.3) is 0 Å². The number of halogens is 1. The largest absolute Gasteiger partial charge is 0.379 e. The Kier molecular flexibility index (Phi) is 10.4. The first-order valence-corrected chi connectivity index (χ1v) is 12.0. The maximum Gasteiger partial charge on any atom is 0.191 e. The van der Waals surface area contributed by atoms with Crippen molar-refractivity contribution in [1.29, 1.82) is 0 Å². The first-order valence-electron chi connectivity index (χ1n) is 12.0. The Morgan fingerprint density at radius 1 is 1.18 bits per heavy atom. The van der Waals surface area contributed by atoms with Crippen LogP contribution in [0.3, 0.4) is 0 Å². The van der Waals surface area contributed by atoms with E-state index in [9.17, 15) is 0 Å². The summed E-state index contributed by atoms with van der Waals surface area (Å²) >= 11 is 0. The van der Waals surface area contributed by atoms with Gasteiger partial charge in [0, 0.05) is 43.7 Å². The molecule has 0 amide bonds. The van der Waals surface area contributed by atoms with Crippen molar-refractivity contribution in [3.8, 4) is 11.4 Å². The zero-order valence-corrected chi connectivity index (χ0v) is 22.0. The quantitative estimate of drug-likeness (QED) is 0.258. The van der Waals surface area contributed by atoms with Crippen molar-refractivity contribution < 1.29 is 4.74 Å². The van der Waals surface area contributed by atoms with Crippen LogP contribution in [0.25, 0.3) is 11.4 Å². The number of ether oxygens (including phenoxy) is 1. The van der Waals surface area contributed by atoms with Crippen LogP contribution in [0.15, 0.2) is 35.6 Å². The van der Waals surface area contributed by atoms with E-state index in [-0.39, 0.29) is 24.0 Å². The number of hydrogen-bond acceptors (Lipinski definition) is 5. The normalized spacial score (nSPS) is 19.0. The number of rotatable bonds is 8. The Labute approximate surface area is 214 Å². The highest BCUT2D eigenvalue weighted by Gasteiger charge is 2.34. The van der Waals surface area contributed by atoms with Gasteiger partial charge in [-0.25, -0.2) is 9.98 Å². The Morgan fingerprint density at radius 2 is 2.00 bits per heavy atom.